The molecule has 0 bridgehead atoms. The molecule has 0 saturated carbocycles. The van der Waals surface area contributed by atoms with Crippen LogP contribution in [-0.2, 0) is 0 Å². The SMILES string of the molecule is C1=C(c2c3ccccc3c(-c3ccc4c(c3)c3cccnc3n4-c3ccccn3)c3ccccc23)C=c2c(n(-c3ccccn3)c3ncccc23)=CC1. The maximum absolute atomic E-state index is 4.85. The fraction of sp³-hybridized carbons (Fsp3) is 0.0213. The van der Waals surface area contributed by atoms with E-state index in [1.165, 1.54) is 43.8 Å². The summed E-state index contributed by atoms with van der Waals surface area (Å²) in [5.41, 5.74) is 7.71. The molecule has 0 atom stereocenters. The van der Waals surface area contributed by atoms with E-state index in [0.717, 1.165) is 61.6 Å². The van der Waals surface area contributed by atoms with Crippen LogP contribution in [0.15, 0.2) is 158 Å². The first-order chi connectivity index (χ1) is 26.3. The van der Waals surface area contributed by atoms with E-state index in [1.807, 2.05) is 73.3 Å². The van der Waals surface area contributed by atoms with Crippen molar-refractivity contribution in [1.82, 2.24) is 29.1 Å². The van der Waals surface area contributed by atoms with Crippen molar-refractivity contribution in [3.8, 4) is 22.8 Å². The molecule has 0 saturated heterocycles. The molecule has 6 nitrogen and oxygen atoms in total. The molecule has 10 aromatic rings. The van der Waals surface area contributed by atoms with Crippen molar-refractivity contribution in [2.24, 2.45) is 0 Å². The van der Waals surface area contributed by atoms with E-state index in [0.29, 0.717) is 0 Å². The van der Waals surface area contributed by atoms with Gasteiger partial charge in [-0.3, -0.25) is 9.13 Å². The Hall–Kier alpha value is -7.18. The zero-order valence-electron chi connectivity index (χ0n) is 28.6. The van der Waals surface area contributed by atoms with Gasteiger partial charge >= 0.3 is 0 Å². The Kier molecular flexibility index (Phi) is 6.51. The van der Waals surface area contributed by atoms with Gasteiger partial charge in [0.1, 0.15) is 22.9 Å². The van der Waals surface area contributed by atoms with Crippen LogP contribution in [0, 0.1) is 0 Å². The molecule has 6 heteroatoms. The predicted molar refractivity (Wildman–Crippen MR) is 216 cm³/mol. The summed E-state index contributed by atoms with van der Waals surface area (Å²) in [5.74, 6) is 1.72. The van der Waals surface area contributed by atoms with Gasteiger partial charge in [0.15, 0.2) is 0 Å². The van der Waals surface area contributed by atoms with Crippen LogP contribution >= 0.6 is 0 Å². The third-order valence-corrected chi connectivity index (χ3v) is 10.5. The van der Waals surface area contributed by atoms with Crippen molar-refractivity contribution >= 4 is 72.2 Å². The highest BCUT2D eigenvalue weighted by Crippen LogP contribution is 2.44. The zero-order valence-corrected chi connectivity index (χ0v) is 28.6. The van der Waals surface area contributed by atoms with E-state index in [-0.39, 0.29) is 0 Å². The number of hydrogen-bond donors (Lipinski definition) is 0. The second kappa shape index (κ2) is 11.7. The van der Waals surface area contributed by atoms with Crippen LogP contribution in [0.3, 0.4) is 0 Å². The molecule has 0 N–H and O–H groups in total. The fourth-order valence-corrected chi connectivity index (χ4v) is 8.39. The van der Waals surface area contributed by atoms with E-state index in [9.17, 15) is 0 Å². The van der Waals surface area contributed by atoms with E-state index in [2.05, 4.69) is 106 Å². The lowest BCUT2D eigenvalue weighted by Gasteiger charge is -2.18. The first kappa shape index (κ1) is 29.5. The number of nitrogens with zero attached hydrogens (tertiary/aromatic N) is 6. The summed E-state index contributed by atoms with van der Waals surface area (Å²) in [7, 11) is 0. The van der Waals surface area contributed by atoms with E-state index < -0.39 is 0 Å². The Morgan fingerprint density at radius 3 is 1.66 bits per heavy atom. The van der Waals surface area contributed by atoms with Crippen LogP contribution in [0.5, 0.6) is 0 Å². The zero-order chi connectivity index (χ0) is 34.9. The van der Waals surface area contributed by atoms with Gasteiger partial charge in [-0.2, -0.15) is 0 Å². The summed E-state index contributed by atoms with van der Waals surface area (Å²) < 4.78 is 4.35. The van der Waals surface area contributed by atoms with Gasteiger partial charge in [0.05, 0.1) is 10.9 Å². The Morgan fingerprint density at radius 2 is 1.00 bits per heavy atom. The summed E-state index contributed by atoms with van der Waals surface area (Å²) in [4.78, 5) is 19.1. The molecule has 1 aliphatic rings. The van der Waals surface area contributed by atoms with E-state index in [4.69, 9.17) is 19.9 Å². The highest BCUT2D eigenvalue weighted by molar-refractivity contribution is 6.22. The third kappa shape index (κ3) is 4.45. The lowest BCUT2D eigenvalue weighted by Crippen LogP contribution is -2.28. The maximum atomic E-state index is 4.85. The standard InChI is InChI=1S/C47H30N6/c1-3-15-34-32(13-1)44(30-12-9-19-40-38(28-30)36-17-10-26-50-46(36)52(40)42-20-5-7-24-48-42)33-14-2-4-16-35(33)45(34)31-22-23-41-39(29-31)37-18-11-27-51-47(37)53(41)43-21-6-8-25-49-43/h1-8,10-29H,9H2. The number of fused-ring (bicyclic) bond motifs is 8. The van der Waals surface area contributed by atoms with Crippen molar-refractivity contribution < 1.29 is 0 Å². The van der Waals surface area contributed by atoms with Crippen molar-refractivity contribution in [2.75, 3.05) is 0 Å². The van der Waals surface area contributed by atoms with Crippen LogP contribution in [0.4, 0.5) is 0 Å². The van der Waals surface area contributed by atoms with Gasteiger partial charge in [0.2, 0.25) is 0 Å². The third-order valence-electron chi connectivity index (χ3n) is 10.5. The highest BCUT2D eigenvalue weighted by atomic mass is 15.1. The monoisotopic (exact) mass is 678 g/mol. The molecule has 0 amide bonds. The van der Waals surface area contributed by atoms with Gasteiger partial charge in [0, 0.05) is 46.2 Å². The largest absolute Gasteiger partial charge is 0.278 e. The number of pyridine rings is 4. The first-order valence-corrected chi connectivity index (χ1v) is 17.9. The molecule has 53 heavy (non-hydrogen) atoms. The molecule has 4 aromatic carbocycles. The number of hydrogen-bond acceptors (Lipinski definition) is 4. The summed E-state index contributed by atoms with van der Waals surface area (Å²) in [6, 6.07) is 44.9. The molecular weight excluding hydrogens is 649 g/mol. The summed E-state index contributed by atoms with van der Waals surface area (Å²) in [6.45, 7) is 0. The quantitative estimate of drug-likeness (QED) is 0.174. The predicted octanol–water partition coefficient (Wildman–Crippen LogP) is 9.33. The Morgan fingerprint density at radius 1 is 0.434 bits per heavy atom. The minimum absolute atomic E-state index is 0.775. The molecule has 6 heterocycles. The van der Waals surface area contributed by atoms with Crippen LogP contribution in [0.2, 0.25) is 0 Å². The first-order valence-electron chi connectivity index (χ1n) is 17.9. The Balaban J connectivity index is 1.18. The maximum Gasteiger partial charge on any atom is 0.146 e. The van der Waals surface area contributed by atoms with Crippen LogP contribution in [0.25, 0.3) is 95.0 Å². The van der Waals surface area contributed by atoms with Gasteiger partial charge in [-0.05, 0) is 117 Å². The van der Waals surface area contributed by atoms with Crippen LogP contribution < -0.4 is 10.6 Å². The van der Waals surface area contributed by atoms with Crippen molar-refractivity contribution in [1.29, 1.82) is 0 Å². The molecule has 0 fully saturated rings. The number of benzene rings is 4. The molecular formula is C47H30N6. The van der Waals surface area contributed by atoms with Gasteiger partial charge in [0.25, 0.3) is 0 Å². The van der Waals surface area contributed by atoms with Gasteiger partial charge in [-0.25, -0.2) is 19.9 Å². The number of rotatable bonds is 4. The minimum Gasteiger partial charge on any atom is -0.278 e. The lowest BCUT2D eigenvalue weighted by molar-refractivity contribution is 0.982. The normalized spacial score (nSPS) is 12.9. The van der Waals surface area contributed by atoms with E-state index in [1.54, 1.807) is 0 Å². The van der Waals surface area contributed by atoms with Gasteiger partial charge in [-0.1, -0.05) is 78.9 Å². The highest BCUT2D eigenvalue weighted by Gasteiger charge is 2.21. The molecule has 6 aromatic heterocycles. The molecule has 1 aliphatic carbocycles. The summed E-state index contributed by atoms with van der Waals surface area (Å²) in [6.07, 6.45) is 15.2. The molecule has 248 valence electrons. The molecule has 11 rings (SSSR count). The summed E-state index contributed by atoms with van der Waals surface area (Å²) in [5, 5.41) is 10.5. The summed E-state index contributed by atoms with van der Waals surface area (Å²) >= 11 is 0. The van der Waals surface area contributed by atoms with Crippen molar-refractivity contribution in [2.45, 2.75) is 6.42 Å². The number of allylic oxidation sites excluding steroid dienone is 2. The Labute approximate surface area is 304 Å². The average Bonchev–Trinajstić information content (AvgIpc) is 3.62. The van der Waals surface area contributed by atoms with Crippen LogP contribution in [-0.4, -0.2) is 29.1 Å². The van der Waals surface area contributed by atoms with Crippen molar-refractivity contribution in [3.05, 3.63) is 174 Å². The Bertz CT molecular complexity index is 3190. The molecule has 0 radical (unpaired) electrons. The van der Waals surface area contributed by atoms with Crippen LogP contribution in [0.1, 0.15) is 12.0 Å². The topological polar surface area (TPSA) is 61.4 Å². The van der Waals surface area contributed by atoms with Crippen molar-refractivity contribution in [3.63, 3.8) is 0 Å². The fourth-order valence-electron chi connectivity index (χ4n) is 8.39. The van der Waals surface area contributed by atoms with E-state index >= 15 is 0 Å². The number of aromatic nitrogens is 6. The molecule has 0 spiro atoms. The average molecular weight is 679 g/mol. The smallest absolute Gasteiger partial charge is 0.146 e. The second-order valence-electron chi connectivity index (χ2n) is 13.4. The minimum atomic E-state index is 0.775. The van der Waals surface area contributed by atoms with Gasteiger partial charge < -0.3 is 0 Å². The van der Waals surface area contributed by atoms with Gasteiger partial charge in [-0.15, -0.1) is 0 Å². The molecule has 0 unspecified atom stereocenters. The second-order valence-corrected chi connectivity index (χ2v) is 13.4. The molecule has 0 aliphatic heterocycles. The lowest BCUT2D eigenvalue weighted by atomic mass is 9.85.